The van der Waals surface area contributed by atoms with Crippen LogP contribution in [0.5, 0.6) is 0 Å². The lowest BCUT2D eigenvalue weighted by atomic mass is 10.1. The van der Waals surface area contributed by atoms with E-state index < -0.39 is 0 Å². The van der Waals surface area contributed by atoms with Gasteiger partial charge in [0, 0.05) is 27.2 Å². The summed E-state index contributed by atoms with van der Waals surface area (Å²) in [4.78, 5) is 25.4. The van der Waals surface area contributed by atoms with Gasteiger partial charge in [0.15, 0.2) is 0 Å². The number of hydrogen-bond donors (Lipinski definition) is 2. The van der Waals surface area contributed by atoms with E-state index in [1.807, 2.05) is 52.0 Å². The molecule has 2 rings (SSSR count). The van der Waals surface area contributed by atoms with Crippen molar-refractivity contribution in [2.45, 2.75) is 37.8 Å². The van der Waals surface area contributed by atoms with Gasteiger partial charge in [-0.1, -0.05) is 31.5 Å². The Balaban J connectivity index is 2.05. The Morgan fingerprint density at radius 3 is 2.23 bits per heavy atom. The van der Waals surface area contributed by atoms with E-state index in [1.165, 1.54) is 11.8 Å². The molecular formula is C20H23ClN2O2S. The van der Waals surface area contributed by atoms with Crippen molar-refractivity contribution in [2.24, 2.45) is 5.92 Å². The summed E-state index contributed by atoms with van der Waals surface area (Å²) in [5, 5.41) is 6.19. The number of nitrogens with one attached hydrogen (secondary N) is 2. The number of hydrogen-bond acceptors (Lipinski definition) is 3. The largest absolute Gasteiger partial charge is 0.326 e. The van der Waals surface area contributed by atoms with Crippen molar-refractivity contribution >= 4 is 46.6 Å². The standard InChI is InChI=1S/C20H23ClN2O2S/c1-12(2)19(24)22-16-8-5-13(3)18(11-16)23-20(25)14(4)26-17-9-6-15(21)7-10-17/h5-12,14H,1-4H3,(H,22,24)(H,23,25). The molecule has 0 aliphatic heterocycles. The molecule has 2 N–H and O–H groups in total. The second kappa shape index (κ2) is 9.10. The number of anilines is 2. The van der Waals surface area contributed by atoms with Crippen LogP contribution in [0.3, 0.4) is 0 Å². The highest BCUT2D eigenvalue weighted by atomic mass is 35.5. The number of halogens is 1. The third-order valence-corrected chi connectivity index (χ3v) is 5.15. The highest BCUT2D eigenvalue weighted by Gasteiger charge is 2.16. The van der Waals surface area contributed by atoms with Gasteiger partial charge in [0.05, 0.1) is 5.25 Å². The summed E-state index contributed by atoms with van der Waals surface area (Å²) in [6.45, 7) is 7.44. The summed E-state index contributed by atoms with van der Waals surface area (Å²) in [5.41, 5.74) is 2.30. The number of carbonyl (C=O) groups excluding carboxylic acids is 2. The van der Waals surface area contributed by atoms with Crippen LogP contribution >= 0.6 is 23.4 Å². The maximum absolute atomic E-state index is 12.5. The summed E-state index contributed by atoms with van der Waals surface area (Å²) >= 11 is 7.35. The lowest BCUT2D eigenvalue weighted by Gasteiger charge is -2.15. The van der Waals surface area contributed by atoms with Crippen LogP contribution in [-0.2, 0) is 9.59 Å². The highest BCUT2D eigenvalue weighted by Crippen LogP contribution is 2.27. The first-order valence-electron chi connectivity index (χ1n) is 8.41. The van der Waals surface area contributed by atoms with Crippen LogP contribution in [0.4, 0.5) is 11.4 Å². The fourth-order valence-corrected chi connectivity index (χ4v) is 3.12. The molecule has 0 spiro atoms. The van der Waals surface area contributed by atoms with Crippen LogP contribution in [0.2, 0.25) is 5.02 Å². The summed E-state index contributed by atoms with van der Waals surface area (Å²) in [5.74, 6) is -0.261. The van der Waals surface area contributed by atoms with E-state index in [0.717, 1.165) is 10.5 Å². The van der Waals surface area contributed by atoms with E-state index in [2.05, 4.69) is 10.6 Å². The molecule has 0 aliphatic rings. The smallest absolute Gasteiger partial charge is 0.237 e. The van der Waals surface area contributed by atoms with Gasteiger partial charge >= 0.3 is 0 Å². The van der Waals surface area contributed by atoms with Crippen molar-refractivity contribution in [1.29, 1.82) is 0 Å². The molecule has 0 fully saturated rings. The highest BCUT2D eigenvalue weighted by molar-refractivity contribution is 8.00. The van der Waals surface area contributed by atoms with Gasteiger partial charge < -0.3 is 10.6 Å². The van der Waals surface area contributed by atoms with Gasteiger partial charge in [0.1, 0.15) is 0 Å². The molecule has 0 aromatic heterocycles. The molecule has 4 nitrogen and oxygen atoms in total. The molecule has 0 saturated carbocycles. The second-order valence-corrected chi connectivity index (χ2v) is 8.23. The average Bonchev–Trinajstić information content (AvgIpc) is 2.59. The van der Waals surface area contributed by atoms with Crippen LogP contribution in [0.25, 0.3) is 0 Å². The third-order valence-electron chi connectivity index (χ3n) is 3.78. The van der Waals surface area contributed by atoms with E-state index in [1.54, 1.807) is 18.2 Å². The first-order chi connectivity index (χ1) is 12.3. The van der Waals surface area contributed by atoms with Gasteiger partial charge in [-0.2, -0.15) is 0 Å². The van der Waals surface area contributed by atoms with Gasteiger partial charge in [0.2, 0.25) is 11.8 Å². The Labute approximate surface area is 163 Å². The van der Waals surface area contributed by atoms with Crippen molar-refractivity contribution < 1.29 is 9.59 Å². The normalized spacial score (nSPS) is 11.9. The number of carbonyl (C=O) groups is 2. The lowest BCUT2D eigenvalue weighted by molar-refractivity contribution is -0.119. The van der Waals surface area contributed by atoms with Crippen LogP contribution < -0.4 is 10.6 Å². The van der Waals surface area contributed by atoms with Crippen molar-refractivity contribution in [3.63, 3.8) is 0 Å². The van der Waals surface area contributed by atoms with E-state index >= 15 is 0 Å². The van der Waals surface area contributed by atoms with Crippen molar-refractivity contribution in [2.75, 3.05) is 10.6 Å². The second-order valence-electron chi connectivity index (χ2n) is 6.38. The monoisotopic (exact) mass is 390 g/mol. The van der Waals surface area contributed by atoms with Gasteiger partial charge in [-0.3, -0.25) is 9.59 Å². The molecular weight excluding hydrogens is 368 g/mol. The molecule has 0 saturated heterocycles. The molecule has 0 heterocycles. The molecule has 0 aliphatic carbocycles. The zero-order chi connectivity index (χ0) is 19.3. The molecule has 6 heteroatoms. The number of benzene rings is 2. The summed E-state index contributed by atoms with van der Waals surface area (Å²) in [6.07, 6.45) is 0. The Morgan fingerprint density at radius 1 is 0.962 bits per heavy atom. The predicted molar refractivity (Wildman–Crippen MR) is 110 cm³/mol. The first kappa shape index (κ1) is 20.3. The topological polar surface area (TPSA) is 58.2 Å². The molecule has 0 radical (unpaired) electrons. The van der Waals surface area contributed by atoms with Gasteiger partial charge in [-0.15, -0.1) is 11.8 Å². The minimum absolute atomic E-state index is 0.0576. The molecule has 2 aromatic carbocycles. The minimum atomic E-state index is -0.274. The molecule has 1 unspecified atom stereocenters. The van der Waals surface area contributed by atoms with E-state index in [0.29, 0.717) is 16.4 Å². The maximum Gasteiger partial charge on any atom is 0.237 e. The summed E-state index contributed by atoms with van der Waals surface area (Å²) in [7, 11) is 0. The Morgan fingerprint density at radius 2 is 1.62 bits per heavy atom. The fourth-order valence-electron chi connectivity index (χ4n) is 2.13. The quantitative estimate of drug-likeness (QED) is 0.652. The van der Waals surface area contributed by atoms with Gasteiger partial charge in [-0.25, -0.2) is 0 Å². The molecule has 138 valence electrons. The van der Waals surface area contributed by atoms with Crippen molar-refractivity contribution in [3.05, 3.63) is 53.1 Å². The van der Waals surface area contributed by atoms with Crippen molar-refractivity contribution in [1.82, 2.24) is 0 Å². The number of aryl methyl sites for hydroxylation is 1. The van der Waals surface area contributed by atoms with E-state index in [4.69, 9.17) is 11.6 Å². The third kappa shape index (κ3) is 5.78. The summed E-state index contributed by atoms with van der Waals surface area (Å²) in [6, 6.07) is 12.9. The fraction of sp³-hybridized carbons (Fsp3) is 0.300. The zero-order valence-corrected chi connectivity index (χ0v) is 16.9. The van der Waals surface area contributed by atoms with E-state index in [9.17, 15) is 9.59 Å². The Bertz CT molecular complexity index is 791. The minimum Gasteiger partial charge on any atom is -0.326 e. The average molecular weight is 391 g/mol. The van der Waals surface area contributed by atoms with Crippen LogP contribution in [-0.4, -0.2) is 17.1 Å². The molecule has 26 heavy (non-hydrogen) atoms. The SMILES string of the molecule is Cc1ccc(NC(=O)C(C)C)cc1NC(=O)C(C)Sc1ccc(Cl)cc1. The van der Waals surface area contributed by atoms with Gasteiger partial charge in [0.25, 0.3) is 0 Å². The van der Waals surface area contributed by atoms with E-state index in [-0.39, 0.29) is 23.0 Å². The van der Waals surface area contributed by atoms with Crippen LogP contribution in [0.15, 0.2) is 47.4 Å². The molecule has 2 aromatic rings. The number of amides is 2. The number of thioether (sulfide) groups is 1. The molecule has 0 bridgehead atoms. The maximum atomic E-state index is 12.5. The Kier molecular flexibility index (Phi) is 7.12. The zero-order valence-electron chi connectivity index (χ0n) is 15.3. The summed E-state index contributed by atoms with van der Waals surface area (Å²) < 4.78 is 0. The first-order valence-corrected chi connectivity index (χ1v) is 9.66. The van der Waals surface area contributed by atoms with Gasteiger partial charge in [-0.05, 0) is 55.8 Å². The molecule has 2 amide bonds. The number of rotatable bonds is 6. The van der Waals surface area contributed by atoms with Crippen molar-refractivity contribution in [3.8, 4) is 0 Å². The molecule has 1 atom stereocenters. The lowest BCUT2D eigenvalue weighted by Crippen LogP contribution is -2.23. The Hall–Kier alpha value is -1.98. The van der Waals surface area contributed by atoms with Crippen LogP contribution in [0.1, 0.15) is 26.3 Å². The predicted octanol–water partition coefficient (Wildman–Crippen LogP) is 5.36. The van der Waals surface area contributed by atoms with Crippen LogP contribution in [0, 0.1) is 12.8 Å².